The Kier molecular flexibility index (Phi) is 5.66. The van der Waals surface area contributed by atoms with E-state index in [1.165, 1.54) is 0 Å². The highest BCUT2D eigenvalue weighted by atomic mass is 32.1. The summed E-state index contributed by atoms with van der Waals surface area (Å²) in [6, 6.07) is 7.07. The second kappa shape index (κ2) is 8.52. The van der Waals surface area contributed by atoms with Crippen LogP contribution in [0.5, 0.6) is 11.5 Å². The van der Waals surface area contributed by atoms with Crippen LogP contribution in [0.1, 0.15) is 24.7 Å². The standard InChI is InChI=1S/C20H22N4O4S/c1-26-16-6-5-15(10-17(16)27-2)21-20(25)24-8-3-4-13(11-24)18-22-23-19(28-18)14-7-9-29-12-14/h5-7,9-10,12-13H,3-4,8,11H2,1-2H3,(H,21,25). The molecule has 1 aromatic carbocycles. The number of anilines is 1. The highest BCUT2D eigenvalue weighted by molar-refractivity contribution is 7.08. The van der Waals surface area contributed by atoms with Gasteiger partial charge in [0.15, 0.2) is 11.5 Å². The number of methoxy groups -OCH3 is 2. The lowest BCUT2D eigenvalue weighted by Crippen LogP contribution is -2.41. The van der Waals surface area contributed by atoms with Crippen LogP contribution in [-0.2, 0) is 0 Å². The number of hydrogen-bond donors (Lipinski definition) is 1. The third kappa shape index (κ3) is 4.19. The van der Waals surface area contributed by atoms with Crippen LogP contribution in [0.15, 0.2) is 39.4 Å². The van der Waals surface area contributed by atoms with Gasteiger partial charge in [-0.3, -0.25) is 0 Å². The fourth-order valence-electron chi connectivity index (χ4n) is 3.38. The predicted octanol–water partition coefficient (Wildman–Crippen LogP) is 4.23. The normalized spacial score (nSPS) is 16.5. The first-order valence-corrected chi connectivity index (χ1v) is 10.3. The van der Waals surface area contributed by atoms with Crippen LogP contribution in [-0.4, -0.2) is 48.4 Å². The molecule has 1 atom stereocenters. The SMILES string of the molecule is COc1ccc(NC(=O)N2CCCC(c3nnc(-c4ccsc4)o3)C2)cc1OC. The number of ether oxygens (including phenoxy) is 2. The molecule has 0 bridgehead atoms. The molecule has 0 saturated carbocycles. The smallest absolute Gasteiger partial charge is 0.321 e. The van der Waals surface area contributed by atoms with E-state index in [-0.39, 0.29) is 11.9 Å². The van der Waals surface area contributed by atoms with E-state index in [0.29, 0.717) is 42.1 Å². The number of piperidine rings is 1. The Labute approximate surface area is 172 Å². The van der Waals surface area contributed by atoms with Crippen LogP contribution in [0.25, 0.3) is 11.5 Å². The summed E-state index contributed by atoms with van der Waals surface area (Å²) in [6.45, 7) is 1.21. The summed E-state index contributed by atoms with van der Waals surface area (Å²) in [7, 11) is 3.14. The minimum absolute atomic E-state index is 0.0276. The molecule has 0 aliphatic carbocycles. The van der Waals surface area contributed by atoms with Crippen molar-refractivity contribution in [2.24, 2.45) is 0 Å². The van der Waals surface area contributed by atoms with Gasteiger partial charge in [0.1, 0.15) is 0 Å². The van der Waals surface area contributed by atoms with E-state index in [1.807, 2.05) is 16.8 Å². The molecule has 1 saturated heterocycles. The molecule has 2 aromatic heterocycles. The Morgan fingerprint density at radius 2 is 2.10 bits per heavy atom. The van der Waals surface area contributed by atoms with Crippen molar-refractivity contribution in [1.29, 1.82) is 0 Å². The summed E-state index contributed by atoms with van der Waals surface area (Å²) in [5.41, 5.74) is 1.57. The zero-order chi connectivity index (χ0) is 20.2. The number of nitrogens with zero attached hydrogens (tertiary/aromatic N) is 3. The van der Waals surface area contributed by atoms with E-state index in [0.717, 1.165) is 18.4 Å². The highest BCUT2D eigenvalue weighted by Gasteiger charge is 2.28. The summed E-state index contributed by atoms with van der Waals surface area (Å²) in [5.74, 6) is 2.30. The number of benzene rings is 1. The maximum atomic E-state index is 12.8. The Hall–Kier alpha value is -3.07. The number of hydrogen-bond acceptors (Lipinski definition) is 7. The molecule has 3 aromatic rings. The first-order valence-electron chi connectivity index (χ1n) is 9.32. The van der Waals surface area contributed by atoms with Crippen molar-refractivity contribution in [3.05, 3.63) is 40.9 Å². The minimum atomic E-state index is -0.167. The van der Waals surface area contributed by atoms with Gasteiger partial charge in [0, 0.05) is 35.8 Å². The number of urea groups is 1. The lowest BCUT2D eigenvalue weighted by molar-refractivity contribution is 0.187. The number of aromatic nitrogens is 2. The van der Waals surface area contributed by atoms with Gasteiger partial charge in [-0.05, 0) is 36.4 Å². The average molecular weight is 414 g/mol. The quantitative estimate of drug-likeness (QED) is 0.672. The maximum absolute atomic E-state index is 12.8. The third-order valence-corrected chi connectivity index (χ3v) is 5.58. The summed E-state index contributed by atoms with van der Waals surface area (Å²) >= 11 is 1.58. The molecular formula is C20H22N4O4S. The van der Waals surface area contributed by atoms with Crippen molar-refractivity contribution in [3.63, 3.8) is 0 Å². The number of nitrogens with one attached hydrogen (secondary N) is 1. The lowest BCUT2D eigenvalue weighted by atomic mass is 9.98. The summed E-state index contributed by atoms with van der Waals surface area (Å²) in [6.07, 6.45) is 1.78. The predicted molar refractivity (Wildman–Crippen MR) is 110 cm³/mol. The van der Waals surface area contributed by atoms with E-state index in [2.05, 4.69) is 15.5 Å². The number of carbonyl (C=O) groups excluding carboxylic acids is 1. The largest absolute Gasteiger partial charge is 0.493 e. The highest BCUT2D eigenvalue weighted by Crippen LogP contribution is 2.31. The molecule has 2 amide bonds. The molecule has 8 nitrogen and oxygen atoms in total. The summed E-state index contributed by atoms with van der Waals surface area (Å²) in [4.78, 5) is 14.5. The monoisotopic (exact) mass is 414 g/mol. The molecule has 0 spiro atoms. The topological polar surface area (TPSA) is 89.7 Å². The van der Waals surface area contributed by atoms with Crippen LogP contribution in [0.4, 0.5) is 10.5 Å². The van der Waals surface area contributed by atoms with Gasteiger partial charge in [0.25, 0.3) is 0 Å². The van der Waals surface area contributed by atoms with Gasteiger partial charge in [-0.15, -0.1) is 10.2 Å². The summed E-state index contributed by atoms with van der Waals surface area (Å²) in [5, 5.41) is 15.2. The first kappa shape index (κ1) is 19.3. The lowest BCUT2D eigenvalue weighted by Gasteiger charge is -2.31. The Morgan fingerprint density at radius 1 is 1.24 bits per heavy atom. The van der Waals surface area contributed by atoms with Crippen molar-refractivity contribution < 1.29 is 18.7 Å². The Bertz CT molecular complexity index is 973. The van der Waals surface area contributed by atoms with Gasteiger partial charge in [0.2, 0.25) is 11.8 Å². The number of rotatable bonds is 5. The molecule has 9 heteroatoms. The van der Waals surface area contributed by atoms with E-state index >= 15 is 0 Å². The van der Waals surface area contributed by atoms with Crippen LogP contribution in [0.2, 0.25) is 0 Å². The van der Waals surface area contributed by atoms with Gasteiger partial charge >= 0.3 is 6.03 Å². The molecule has 3 heterocycles. The second-order valence-electron chi connectivity index (χ2n) is 6.74. The van der Waals surface area contributed by atoms with E-state index < -0.39 is 0 Å². The molecule has 1 N–H and O–H groups in total. The van der Waals surface area contributed by atoms with Crippen molar-refractivity contribution in [2.45, 2.75) is 18.8 Å². The third-order valence-electron chi connectivity index (χ3n) is 4.90. The zero-order valence-electron chi connectivity index (χ0n) is 16.3. The van der Waals surface area contributed by atoms with Gasteiger partial charge in [0.05, 0.1) is 20.1 Å². The van der Waals surface area contributed by atoms with Crippen molar-refractivity contribution in [2.75, 3.05) is 32.6 Å². The number of amides is 2. The first-order chi connectivity index (χ1) is 14.2. The van der Waals surface area contributed by atoms with E-state index in [1.54, 1.807) is 48.7 Å². The van der Waals surface area contributed by atoms with Gasteiger partial charge < -0.3 is 24.1 Å². The number of likely N-dealkylation sites (tertiary alicyclic amines) is 1. The van der Waals surface area contributed by atoms with Gasteiger partial charge in [-0.1, -0.05) is 0 Å². The molecule has 1 aliphatic rings. The molecule has 4 rings (SSSR count). The maximum Gasteiger partial charge on any atom is 0.321 e. The summed E-state index contributed by atoms with van der Waals surface area (Å²) < 4.78 is 16.4. The molecule has 1 fully saturated rings. The van der Waals surface area contributed by atoms with Crippen LogP contribution < -0.4 is 14.8 Å². The molecule has 1 aliphatic heterocycles. The number of carbonyl (C=O) groups is 1. The average Bonchev–Trinajstić information content (AvgIpc) is 3.45. The van der Waals surface area contributed by atoms with Crippen LogP contribution in [0.3, 0.4) is 0 Å². The second-order valence-corrected chi connectivity index (χ2v) is 7.52. The van der Waals surface area contributed by atoms with Crippen LogP contribution >= 0.6 is 11.3 Å². The van der Waals surface area contributed by atoms with Crippen molar-refractivity contribution >= 4 is 23.1 Å². The Balaban J connectivity index is 1.42. The van der Waals surface area contributed by atoms with Gasteiger partial charge in [-0.25, -0.2) is 4.79 Å². The molecule has 0 radical (unpaired) electrons. The van der Waals surface area contributed by atoms with E-state index in [4.69, 9.17) is 13.9 Å². The van der Waals surface area contributed by atoms with E-state index in [9.17, 15) is 4.79 Å². The Morgan fingerprint density at radius 3 is 2.86 bits per heavy atom. The molecule has 29 heavy (non-hydrogen) atoms. The van der Waals surface area contributed by atoms with Crippen LogP contribution in [0, 0.1) is 0 Å². The fraction of sp³-hybridized carbons (Fsp3) is 0.350. The molecule has 1 unspecified atom stereocenters. The fourth-order valence-corrected chi connectivity index (χ4v) is 4.01. The number of thiophene rings is 1. The van der Waals surface area contributed by atoms with Crippen molar-refractivity contribution in [3.8, 4) is 23.0 Å². The minimum Gasteiger partial charge on any atom is -0.493 e. The molecule has 152 valence electrons. The zero-order valence-corrected chi connectivity index (χ0v) is 17.1. The van der Waals surface area contributed by atoms with Crippen molar-refractivity contribution in [1.82, 2.24) is 15.1 Å². The van der Waals surface area contributed by atoms with Gasteiger partial charge in [-0.2, -0.15) is 11.3 Å². The molecular weight excluding hydrogens is 392 g/mol.